The number of nitrogens with zero attached hydrogens (tertiary/aromatic N) is 1. The van der Waals surface area contributed by atoms with Gasteiger partial charge in [-0.1, -0.05) is 13.8 Å². The van der Waals surface area contributed by atoms with Crippen LogP contribution in [0.1, 0.15) is 35.8 Å². The number of hydrogen-bond acceptors (Lipinski definition) is 3. The van der Waals surface area contributed by atoms with Gasteiger partial charge in [0.15, 0.2) is 5.82 Å². The number of benzene rings is 1. The number of aromatic amines is 2. The summed E-state index contributed by atoms with van der Waals surface area (Å²) in [5, 5.41) is 10.6. The zero-order valence-corrected chi connectivity index (χ0v) is 11.9. The SMILES string of the molecule is CC(C)c1cc(NC(=O)c2c[nH]c3cc(N)ccc23)n[nH]1. The van der Waals surface area contributed by atoms with Crippen LogP contribution in [0, 0.1) is 0 Å². The van der Waals surface area contributed by atoms with Crippen molar-refractivity contribution in [2.45, 2.75) is 19.8 Å². The maximum atomic E-state index is 12.3. The molecular weight excluding hydrogens is 266 g/mol. The number of nitrogens with one attached hydrogen (secondary N) is 3. The molecule has 0 spiro atoms. The quantitative estimate of drug-likeness (QED) is 0.556. The molecule has 0 saturated carbocycles. The van der Waals surface area contributed by atoms with E-state index in [1.807, 2.05) is 12.1 Å². The molecule has 0 bridgehead atoms. The molecular formula is C15H17N5O. The Kier molecular flexibility index (Phi) is 3.13. The molecule has 5 N–H and O–H groups in total. The van der Waals surface area contributed by atoms with Crippen molar-refractivity contribution in [3.05, 3.63) is 41.7 Å². The van der Waals surface area contributed by atoms with Crippen molar-refractivity contribution < 1.29 is 4.79 Å². The van der Waals surface area contributed by atoms with Gasteiger partial charge in [-0.05, 0) is 24.1 Å². The van der Waals surface area contributed by atoms with Crippen molar-refractivity contribution in [1.82, 2.24) is 15.2 Å². The smallest absolute Gasteiger partial charge is 0.259 e. The molecule has 0 aliphatic rings. The summed E-state index contributed by atoms with van der Waals surface area (Å²) in [5.74, 6) is 0.653. The van der Waals surface area contributed by atoms with E-state index in [4.69, 9.17) is 5.73 Å². The summed E-state index contributed by atoms with van der Waals surface area (Å²) < 4.78 is 0. The van der Waals surface area contributed by atoms with Crippen LogP contribution in [-0.4, -0.2) is 21.1 Å². The number of carbonyl (C=O) groups excluding carboxylic acids is 1. The van der Waals surface area contributed by atoms with Crippen LogP contribution < -0.4 is 11.1 Å². The molecule has 0 fully saturated rings. The maximum absolute atomic E-state index is 12.3. The molecule has 108 valence electrons. The van der Waals surface area contributed by atoms with Crippen LogP contribution in [0.5, 0.6) is 0 Å². The number of carbonyl (C=O) groups is 1. The second kappa shape index (κ2) is 4.97. The first-order chi connectivity index (χ1) is 10.0. The Morgan fingerprint density at radius 2 is 2.14 bits per heavy atom. The molecule has 0 unspecified atom stereocenters. The van der Waals surface area contributed by atoms with Crippen molar-refractivity contribution in [2.75, 3.05) is 11.1 Å². The van der Waals surface area contributed by atoms with E-state index in [0.717, 1.165) is 16.6 Å². The summed E-state index contributed by atoms with van der Waals surface area (Å²) >= 11 is 0. The van der Waals surface area contributed by atoms with Gasteiger partial charge in [0.2, 0.25) is 0 Å². The Balaban J connectivity index is 1.86. The molecule has 1 aromatic carbocycles. The van der Waals surface area contributed by atoms with Gasteiger partial charge in [0.25, 0.3) is 5.91 Å². The van der Waals surface area contributed by atoms with Crippen LogP contribution in [-0.2, 0) is 0 Å². The highest BCUT2D eigenvalue weighted by Crippen LogP contribution is 2.22. The Morgan fingerprint density at radius 3 is 2.86 bits per heavy atom. The van der Waals surface area contributed by atoms with Crippen molar-refractivity contribution in [2.24, 2.45) is 0 Å². The predicted octanol–water partition coefficient (Wildman–Crippen LogP) is 2.85. The standard InChI is InChI=1S/C15H17N5O/c1-8(2)12-6-14(20-19-12)18-15(21)11-7-17-13-5-9(16)3-4-10(11)13/h3-8,17H,16H2,1-2H3,(H2,18,19,20,21). The first-order valence-corrected chi connectivity index (χ1v) is 6.78. The molecule has 2 aromatic heterocycles. The fourth-order valence-electron chi connectivity index (χ4n) is 2.21. The van der Waals surface area contributed by atoms with Gasteiger partial charge in [-0.3, -0.25) is 9.89 Å². The zero-order chi connectivity index (χ0) is 15.0. The largest absolute Gasteiger partial charge is 0.399 e. The van der Waals surface area contributed by atoms with Gasteiger partial charge in [0.1, 0.15) is 0 Å². The molecule has 0 saturated heterocycles. The third-order valence-electron chi connectivity index (χ3n) is 3.41. The topological polar surface area (TPSA) is 99.6 Å². The lowest BCUT2D eigenvalue weighted by atomic mass is 10.1. The lowest BCUT2D eigenvalue weighted by molar-refractivity contribution is 0.102. The van der Waals surface area contributed by atoms with E-state index in [9.17, 15) is 4.79 Å². The summed E-state index contributed by atoms with van der Waals surface area (Å²) in [5.41, 5.74) is 8.78. The Bertz CT molecular complexity index is 799. The molecule has 0 aliphatic heterocycles. The number of fused-ring (bicyclic) bond motifs is 1. The van der Waals surface area contributed by atoms with Crippen molar-refractivity contribution in [3.63, 3.8) is 0 Å². The lowest BCUT2D eigenvalue weighted by Crippen LogP contribution is -2.11. The van der Waals surface area contributed by atoms with E-state index in [1.165, 1.54) is 0 Å². The van der Waals surface area contributed by atoms with E-state index in [1.54, 1.807) is 18.3 Å². The maximum Gasteiger partial charge on any atom is 0.259 e. The molecule has 1 amide bonds. The van der Waals surface area contributed by atoms with Crippen LogP contribution in [0.4, 0.5) is 11.5 Å². The molecule has 3 rings (SSSR count). The van der Waals surface area contributed by atoms with Gasteiger partial charge in [-0.25, -0.2) is 0 Å². The molecule has 6 nitrogen and oxygen atoms in total. The summed E-state index contributed by atoms with van der Waals surface area (Å²) in [6.07, 6.45) is 1.68. The number of aromatic nitrogens is 3. The van der Waals surface area contributed by atoms with Crippen LogP contribution >= 0.6 is 0 Å². The number of anilines is 2. The van der Waals surface area contributed by atoms with E-state index in [-0.39, 0.29) is 5.91 Å². The zero-order valence-electron chi connectivity index (χ0n) is 11.9. The van der Waals surface area contributed by atoms with Gasteiger partial charge >= 0.3 is 0 Å². The lowest BCUT2D eigenvalue weighted by Gasteiger charge is -2.01. The van der Waals surface area contributed by atoms with Crippen molar-refractivity contribution in [3.8, 4) is 0 Å². The van der Waals surface area contributed by atoms with E-state index in [0.29, 0.717) is 23.0 Å². The second-order valence-electron chi connectivity index (χ2n) is 5.32. The van der Waals surface area contributed by atoms with Crippen LogP contribution in [0.2, 0.25) is 0 Å². The Labute approximate surface area is 121 Å². The minimum Gasteiger partial charge on any atom is -0.399 e. The molecule has 0 radical (unpaired) electrons. The number of rotatable bonds is 3. The first kappa shape index (κ1) is 13.2. The summed E-state index contributed by atoms with van der Waals surface area (Å²) in [4.78, 5) is 15.4. The van der Waals surface area contributed by atoms with Crippen LogP contribution in [0.15, 0.2) is 30.5 Å². The minimum atomic E-state index is -0.201. The highest BCUT2D eigenvalue weighted by molar-refractivity contribution is 6.12. The summed E-state index contributed by atoms with van der Waals surface area (Å²) in [7, 11) is 0. The number of amides is 1. The molecule has 21 heavy (non-hydrogen) atoms. The summed E-state index contributed by atoms with van der Waals surface area (Å²) in [6, 6.07) is 7.26. The fraction of sp³-hybridized carbons (Fsp3) is 0.200. The molecule has 2 heterocycles. The number of hydrogen-bond donors (Lipinski definition) is 4. The molecule has 3 aromatic rings. The minimum absolute atomic E-state index is 0.201. The average molecular weight is 283 g/mol. The molecule has 0 aliphatic carbocycles. The fourth-order valence-corrected chi connectivity index (χ4v) is 2.21. The number of H-pyrrole nitrogens is 2. The predicted molar refractivity (Wildman–Crippen MR) is 83.3 cm³/mol. The van der Waals surface area contributed by atoms with E-state index < -0.39 is 0 Å². The normalized spacial score (nSPS) is 11.2. The third-order valence-corrected chi connectivity index (χ3v) is 3.41. The van der Waals surface area contributed by atoms with Crippen molar-refractivity contribution in [1.29, 1.82) is 0 Å². The average Bonchev–Trinajstić information content (AvgIpc) is 3.04. The van der Waals surface area contributed by atoms with Gasteiger partial charge in [0.05, 0.1) is 5.56 Å². The monoisotopic (exact) mass is 283 g/mol. The highest BCUT2D eigenvalue weighted by atomic mass is 16.1. The van der Waals surface area contributed by atoms with Gasteiger partial charge in [-0.15, -0.1) is 0 Å². The van der Waals surface area contributed by atoms with Gasteiger partial charge in [-0.2, -0.15) is 5.10 Å². The van der Waals surface area contributed by atoms with E-state index >= 15 is 0 Å². The van der Waals surface area contributed by atoms with Crippen molar-refractivity contribution >= 4 is 28.3 Å². The van der Waals surface area contributed by atoms with Gasteiger partial charge < -0.3 is 16.0 Å². The number of nitrogen functional groups attached to an aromatic ring is 1. The third kappa shape index (κ3) is 2.47. The summed E-state index contributed by atoms with van der Waals surface area (Å²) in [6.45, 7) is 4.12. The first-order valence-electron chi connectivity index (χ1n) is 6.78. The second-order valence-corrected chi connectivity index (χ2v) is 5.32. The molecule has 0 atom stereocenters. The Morgan fingerprint density at radius 1 is 1.33 bits per heavy atom. The highest BCUT2D eigenvalue weighted by Gasteiger charge is 2.14. The Hall–Kier alpha value is -2.76. The molecule has 6 heteroatoms. The number of nitrogens with two attached hydrogens (primary N) is 1. The van der Waals surface area contributed by atoms with Gasteiger partial charge in [0, 0.05) is 34.5 Å². The van der Waals surface area contributed by atoms with Crippen LogP contribution in [0.25, 0.3) is 10.9 Å². The van der Waals surface area contributed by atoms with Crippen LogP contribution in [0.3, 0.4) is 0 Å². The van der Waals surface area contributed by atoms with E-state index in [2.05, 4.69) is 34.3 Å².